The number of hydrogen-bond donors (Lipinski definition) is 3. The van der Waals surface area contributed by atoms with Crippen molar-refractivity contribution in [2.75, 3.05) is 11.9 Å². The van der Waals surface area contributed by atoms with Gasteiger partial charge >= 0.3 is 6.03 Å². The van der Waals surface area contributed by atoms with E-state index in [-0.39, 0.29) is 12.0 Å². The summed E-state index contributed by atoms with van der Waals surface area (Å²) < 4.78 is 5.53. The quantitative estimate of drug-likeness (QED) is 0.796. The minimum absolute atomic E-state index is 0.0180. The van der Waals surface area contributed by atoms with Crippen molar-refractivity contribution in [3.8, 4) is 5.75 Å². The molecule has 1 atom stereocenters. The zero-order valence-corrected chi connectivity index (χ0v) is 13.4. The highest BCUT2D eigenvalue weighted by molar-refractivity contribution is 6.32. The minimum atomic E-state index is -0.493. The number of nitrogens with one attached hydrogen (secondary N) is 3. The van der Waals surface area contributed by atoms with Gasteiger partial charge in [-0.3, -0.25) is 4.79 Å². The third-order valence-corrected chi connectivity index (χ3v) is 3.44. The Balaban J connectivity index is 1.93. The van der Waals surface area contributed by atoms with Crippen LogP contribution in [-0.2, 0) is 4.79 Å². The summed E-state index contributed by atoms with van der Waals surface area (Å²) >= 11 is 6.11. The summed E-state index contributed by atoms with van der Waals surface area (Å²) in [6.07, 6.45) is 1.51. The lowest BCUT2D eigenvalue weighted by Gasteiger charge is -2.22. The molecule has 120 valence electrons. The number of urea groups is 1. The Bertz CT molecular complexity index is 563. The van der Waals surface area contributed by atoms with E-state index in [9.17, 15) is 9.59 Å². The third-order valence-electron chi connectivity index (χ3n) is 3.14. The minimum Gasteiger partial charge on any atom is -0.489 e. The van der Waals surface area contributed by atoms with Gasteiger partial charge in [0.05, 0.1) is 11.1 Å². The molecule has 0 bridgehead atoms. The van der Waals surface area contributed by atoms with E-state index in [2.05, 4.69) is 16.0 Å². The van der Waals surface area contributed by atoms with Crippen LogP contribution >= 0.6 is 11.6 Å². The molecule has 1 aromatic carbocycles. The molecule has 22 heavy (non-hydrogen) atoms. The Morgan fingerprint density at radius 3 is 2.86 bits per heavy atom. The highest BCUT2D eigenvalue weighted by atomic mass is 35.5. The van der Waals surface area contributed by atoms with Crippen molar-refractivity contribution < 1.29 is 14.3 Å². The number of carbonyl (C=O) groups is 2. The number of amides is 3. The first-order valence-electron chi connectivity index (χ1n) is 7.27. The van der Waals surface area contributed by atoms with Gasteiger partial charge in [0, 0.05) is 12.2 Å². The molecule has 3 amide bonds. The smallest absolute Gasteiger partial charge is 0.319 e. The maximum absolute atomic E-state index is 11.9. The number of anilines is 1. The van der Waals surface area contributed by atoms with Crippen LogP contribution in [0.15, 0.2) is 18.2 Å². The van der Waals surface area contributed by atoms with Crippen molar-refractivity contribution in [3.05, 3.63) is 23.2 Å². The monoisotopic (exact) mass is 325 g/mol. The summed E-state index contributed by atoms with van der Waals surface area (Å²) in [5.74, 6) is 0.411. The molecule has 6 nitrogen and oxygen atoms in total. The van der Waals surface area contributed by atoms with Crippen LogP contribution in [0.4, 0.5) is 10.5 Å². The Morgan fingerprint density at radius 2 is 2.23 bits per heavy atom. The summed E-state index contributed by atoms with van der Waals surface area (Å²) in [6, 6.07) is 4.08. The molecule has 0 spiro atoms. The molecule has 7 heteroatoms. The molecule has 1 aliphatic heterocycles. The Kier molecular flexibility index (Phi) is 5.49. The summed E-state index contributed by atoms with van der Waals surface area (Å²) in [5, 5.41) is 8.44. The van der Waals surface area contributed by atoms with Gasteiger partial charge in [-0.2, -0.15) is 0 Å². The molecule has 0 aromatic heterocycles. The fraction of sp³-hybridized carbons (Fsp3) is 0.467. The van der Waals surface area contributed by atoms with Gasteiger partial charge in [-0.1, -0.05) is 11.6 Å². The van der Waals surface area contributed by atoms with Gasteiger partial charge < -0.3 is 20.7 Å². The van der Waals surface area contributed by atoms with Gasteiger partial charge in [0.25, 0.3) is 0 Å². The Morgan fingerprint density at radius 1 is 1.45 bits per heavy atom. The van der Waals surface area contributed by atoms with Gasteiger partial charge in [0.1, 0.15) is 11.8 Å². The van der Waals surface area contributed by atoms with Crippen LogP contribution in [0.25, 0.3) is 0 Å². The number of hydrogen-bond acceptors (Lipinski definition) is 3. The number of piperidine rings is 1. The van der Waals surface area contributed by atoms with E-state index in [1.807, 2.05) is 13.8 Å². The molecular formula is C15H20ClN3O3. The molecule has 2 rings (SSSR count). The first-order valence-corrected chi connectivity index (χ1v) is 7.65. The van der Waals surface area contributed by atoms with Gasteiger partial charge in [-0.15, -0.1) is 0 Å². The first kappa shape index (κ1) is 16.4. The lowest BCUT2D eigenvalue weighted by Crippen LogP contribution is -2.51. The summed E-state index contributed by atoms with van der Waals surface area (Å²) in [6.45, 7) is 4.47. The second-order valence-corrected chi connectivity index (χ2v) is 5.80. The normalized spacial score (nSPS) is 17.8. The van der Waals surface area contributed by atoms with E-state index in [4.69, 9.17) is 16.3 Å². The largest absolute Gasteiger partial charge is 0.489 e. The first-order chi connectivity index (χ1) is 10.5. The molecule has 1 unspecified atom stereocenters. The van der Waals surface area contributed by atoms with Crippen LogP contribution in [0.2, 0.25) is 5.02 Å². The Labute approximate surface area is 134 Å². The van der Waals surface area contributed by atoms with Crippen LogP contribution in [0.5, 0.6) is 5.75 Å². The molecule has 1 heterocycles. The molecule has 1 aliphatic rings. The molecular weight excluding hydrogens is 306 g/mol. The van der Waals surface area contributed by atoms with E-state index < -0.39 is 12.1 Å². The second-order valence-electron chi connectivity index (χ2n) is 5.40. The van der Waals surface area contributed by atoms with E-state index in [1.54, 1.807) is 18.2 Å². The Hall–Kier alpha value is -1.95. The van der Waals surface area contributed by atoms with Gasteiger partial charge in [0.15, 0.2) is 0 Å². The second kappa shape index (κ2) is 7.35. The topological polar surface area (TPSA) is 79.5 Å². The predicted octanol–water partition coefficient (Wildman–Crippen LogP) is 2.53. The zero-order valence-electron chi connectivity index (χ0n) is 12.6. The van der Waals surface area contributed by atoms with Crippen LogP contribution in [0.3, 0.4) is 0 Å². The third kappa shape index (κ3) is 4.53. The van der Waals surface area contributed by atoms with Crippen LogP contribution in [0, 0.1) is 0 Å². The number of benzene rings is 1. The molecule has 1 fully saturated rings. The van der Waals surface area contributed by atoms with Gasteiger partial charge in [-0.05, 0) is 44.9 Å². The van der Waals surface area contributed by atoms with E-state index in [0.717, 1.165) is 6.42 Å². The molecule has 1 aromatic rings. The molecule has 0 saturated carbocycles. The SMILES string of the molecule is CC(C)Oc1ccc(NC(=O)NC2CCCNC2=O)cc1Cl. The number of ether oxygens (including phenoxy) is 1. The standard InChI is InChI=1S/C15H20ClN3O3/c1-9(2)22-13-6-5-10(8-11(13)16)18-15(21)19-12-4-3-7-17-14(12)20/h5-6,8-9,12H,3-4,7H2,1-2H3,(H,17,20)(H2,18,19,21). The van der Waals surface area contributed by atoms with E-state index in [0.29, 0.717) is 29.4 Å². The maximum atomic E-state index is 11.9. The number of carbonyl (C=O) groups excluding carboxylic acids is 2. The van der Waals surface area contributed by atoms with Gasteiger partial charge in [0.2, 0.25) is 5.91 Å². The molecule has 1 saturated heterocycles. The predicted molar refractivity (Wildman–Crippen MR) is 85.4 cm³/mol. The van der Waals surface area contributed by atoms with Crippen molar-refractivity contribution in [2.24, 2.45) is 0 Å². The van der Waals surface area contributed by atoms with Crippen molar-refractivity contribution >= 4 is 29.2 Å². The average molecular weight is 326 g/mol. The molecule has 0 radical (unpaired) electrons. The van der Waals surface area contributed by atoms with Crippen molar-refractivity contribution in [3.63, 3.8) is 0 Å². The van der Waals surface area contributed by atoms with Crippen molar-refractivity contribution in [1.29, 1.82) is 0 Å². The van der Waals surface area contributed by atoms with Crippen LogP contribution in [0.1, 0.15) is 26.7 Å². The van der Waals surface area contributed by atoms with E-state index in [1.165, 1.54) is 0 Å². The highest BCUT2D eigenvalue weighted by Gasteiger charge is 2.23. The molecule has 0 aliphatic carbocycles. The fourth-order valence-electron chi connectivity index (χ4n) is 2.16. The average Bonchev–Trinajstić information content (AvgIpc) is 2.44. The van der Waals surface area contributed by atoms with E-state index >= 15 is 0 Å². The zero-order chi connectivity index (χ0) is 16.1. The lowest BCUT2D eigenvalue weighted by molar-refractivity contribution is -0.124. The molecule has 3 N–H and O–H groups in total. The fourth-order valence-corrected chi connectivity index (χ4v) is 2.39. The van der Waals surface area contributed by atoms with Gasteiger partial charge in [-0.25, -0.2) is 4.79 Å². The maximum Gasteiger partial charge on any atom is 0.319 e. The summed E-state index contributed by atoms with van der Waals surface area (Å²) in [4.78, 5) is 23.5. The number of halogens is 1. The highest BCUT2D eigenvalue weighted by Crippen LogP contribution is 2.28. The van der Waals surface area contributed by atoms with Crippen LogP contribution in [-0.4, -0.2) is 30.6 Å². The van der Waals surface area contributed by atoms with Crippen molar-refractivity contribution in [2.45, 2.75) is 38.8 Å². The number of rotatable bonds is 4. The summed E-state index contributed by atoms with van der Waals surface area (Å²) in [5.41, 5.74) is 0.537. The van der Waals surface area contributed by atoms with Crippen LogP contribution < -0.4 is 20.7 Å². The summed E-state index contributed by atoms with van der Waals surface area (Å²) in [7, 11) is 0. The lowest BCUT2D eigenvalue weighted by atomic mass is 10.1. The van der Waals surface area contributed by atoms with Crippen molar-refractivity contribution in [1.82, 2.24) is 10.6 Å².